The predicted molar refractivity (Wildman–Crippen MR) is 171 cm³/mol. The first kappa shape index (κ1) is 27.8. The van der Waals surface area contributed by atoms with Crippen LogP contribution in [0.25, 0.3) is 20.8 Å². The van der Waals surface area contributed by atoms with Gasteiger partial charge in [0.15, 0.2) is 0 Å². The van der Waals surface area contributed by atoms with E-state index in [-0.39, 0.29) is 16.7 Å². The highest BCUT2D eigenvalue weighted by molar-refractivity contribution is 7.92. The van der Waals surface area contributed by atoms with Crippen molar-refractivity contribution in [3.63, 3.8) is 0 Å². The zero-order valence-corrected chi connectivity index (χ0v) is 25.8. The van der Waals surface area contributed by atoms with Crippen molar-refractivity contribution in [1.29, 1.82) is 0 Å². The number of rotatable bonds is 5. The van der Waals surface area contributed by atoms with Crippen molar-refractivity contribution in [2.75, 3.05) is 22.7 Å². The molecule has 4 heterocycles. The normalized spacial score (nSPS) is 14.8. The summed E-state index contributed by atoms with van der Waals surface area (Å²) in [5, 5.41) is 4.60. The highest BCUT2D eigenvalue weighted by Crippen LogP contribution is 2.46. The number of carbonyl (C=O) groups is 2. The highest BCUT2D eigenvalue weighted by Gasteiger charge is 2.30. The van der Waals surface area contributed by atoms with E-state index in [4.69, 9.17) is 4.98 Å². The summed E-state index contributed by atoms with van der Waals surface area (Å²) in [4.78, 5) is 33.5. The van der Waals surface area contributed by atoms with Crippen LogP contribution >= 0.6 is 22.7 Å². The third-order valence-corrected chi connectivity index (χ3v) is 12.0. The van der Waals surface area contributed by atoms with Crippen molar-refractivity contribution < 1.29 is 18.0 Å². The van der Waals surface area contributed by atoms with Gasteiger partial charge in [-0.3, -0.25) is 13.9 Å². The van der Waals surface area contributed by atoms with Gasteiger partial charge in [-0.05, 0) is 72.9 Å². The van der Waals surface area contributed by atoms with Gasteiger partial charge in [-0.15, -0.1) is 22.7 Å². The number of nitrogens with one attached hydrogen (secondary N) is 1. The maximum absolute atomic E-state index is 13.6. The number of carbonyl (C=O) groups excluding carboxylic acids is 2. The first-order chi connectivity index (χ1) is 20.8. The fourth-order valence-corrected chi connectivity index (χ4v) is 9.71. The van der Waals surface area contributed by atoms with Gasteiger partial charge in [0, 0.05) is 36.0 Å². The Bertz CT molecular complexity index is 1960. The van der Waals surface area contributed by atoms with Gasteiger partial charge in [0.25, 0.3) is 15.9 Å². The van der Waals surface area contributed by atoms with Gasteiger partial charge in [-0.1, -0.05) is 30.3 Å². The Kier molecular flexibility index (Phi) is 7.03. The molecule has 2 aliphatic rings. The number of thiophene rings is 1. The summed E-state index contributed by atoms with van der Waals surface area (Å²) in [6.45, 7) is 3.10. The Labute approximate surface area is 257 Å². The summed E-state index contributed by atoms with van der Waals surface area (Å²) in [5.74, 6) is -0.314. The first-order valence-corrected chi connectivity index (χ1v) is 17.1. The third kappa shape index (κ3) is 5.01. The zero-order chi connectivity index (χ0) is 29.7. The SMILES string of the molecule is CC(=O)N1CCc2c(sc(NC(=O)c3ccc(S(=O)(=O)N4CCCc5ccccc54)cc3)c2-c2nc3ccccc3s2)C1. The fraction of sp³-hybridized carbons (Fsp3) is 0.219. The van der Waals surface area contributed by atoms with E-state index in [2.05, 4.69) is 5.32 Å². The average molecular weight is 629 g/mol. The summed E-state index contributed by atoms with van der Waals surface area (Å²) >= 11 is 3.05. The molecule has 0 radical (unpaired) electrons. The number of aryl methyl sites for hydroxylation is 1. The number of thiazole rings is 1. The first-order valence-electron chi connectivity index (χ1n) is 14.1. The molecule has 5 aromatic rings. The maximum atomic E-state index is 13.6. The molecule has 0 unspecified atom stereocenters. The molecule has 0 aliphatic carbocycles. The molecule has 43 heavy (non-hydrogen) atoms. The molecule has 2 aromatic heterocycles. The lowest BCUT2D eigenvalue weighted by molar-refractivity contribution is -0.129. The molecule has 3 aromatic carbocycles. The van der Waals surface area contributed by atoms with Crippen LogP contribution in [0.2, 0.25) is 0 Å². The van der Waals surface area contributed by atoms with Crippen molar-refractivity contribution in [2.45, 2.75) is 37.6 Å². The fourth-order valence-electron chi connectivity index (χ4n) is 5.80. The van der Waals surface area contributed by atoms with E-state index in [1.54, 1.807) is 30.4 Å². The Balaban J connectivity index is 1.19. The quantitative estimate of drug-likeness (QED) is 0.246. The van der Waals surface area contributed by atoms with Gasteiger partial charge < -0.3 is 10.2 Å². The molecular weight excluding hydrogens is 601 g/mol. The van der Waals surface area contributed by atoms with Crippen molar-refractivity contribution >= 4 is 65.4 Å². The molecule has 0 atom stereocenters. The maximum Gasteiger partial charge on any atom is 0.264 e. The number of fused-ring (bicyclic) bond motifs is 3. The zero-order valence-electron chi connectivity index (χ0n) is 23.4. The van der Waals surface area contributed by atoms with Crippen LogP contribution in [0.4, 0.5) is 10.7 Å². The lowest BCUT2D eigenvalue weighted by Crippen LogP contribution is -2.35. The van der Waals surface area contributed by atoms with Gasteiger partial charge in [-0.25, -0.2) is 13.4 Å². The molecule has 11 heteroatoms. The van der Waals surface area contributed by atoms with E-state index in [1.165, 1.54) is 27.8 Å². The van der Waals surface area contributed by atoms with E-state index in [9.17, 15) is 18.0 Å². The second-order valence-corrected chi connectivity index (χ2v) is 14.7. The van der Waals surface area contributed by atoms with Crippen molar-refractivity contribution in [2.24, 2.45) is 0 Å². The summed E-state index contributed by atoms with van der Waals surface area (Å²) in [5.41, 5.74) is 4.99. The summed E-state index contributed by atoms with van der Waals surface area (Å²) in [7, 11) is -3.78. The molecule has 7 rings (SSSR count). The largest absolute Gasteiger partial charge is 0.337 e. The van der Waals surface area contributed by atoms with Crippen molar-refractivity contribution in [1.82, 2.24) is 9.88 Å². The lowest BCUT2D eigenvalue weighted by Gasteiger charge is -2.30. The van der Waals surface area contributed by atoms with Gasteiger partial charge in [0.1, 0.15) is 10.0 Å². The second-order valence-electron chi connectivity index (χ2n) is 10.7. The standard InChI is InChI=1S/C32H28N4O4S3/c1-20(37)35-18-16-24-28(19-35)42-32(29(24)31-33-25-9-3-5-11-27(25)41-31)34-30(38)22-12-14-23(15-13-22)43(39,40)36-17-6-8-21-7-2-4-10-26(21)36/h2-5,7,9-15H,6,8,16-19H2,1H3,(H,34,38). The molecule has 0 fully saturated rings. The average Bonchev–Trinajstić information content (AvgIpc) is 3.61. The second kappa shape index (κ2) is 10.9. The minimum absolute atomic E-state index is 0.0225. The molecule has 0 spiro atoms. The van der Waals surface area contributed by atoms with E-state index in [0.29, 0.717) is 42.3 Å². The molecule has 8 nitrogen and oxygen atoms in total. The van der Waals surface area contributed by atoms with Crippen LogP contribution in [0, 0.1) is 0 Å². The van der Waals surface area contributed by atoms with Crippen molar-refractivity contribution in [3.05, 3.63) is 94.4 Å². The van der Waals surface area contributed by atoms with Crippen LogP contribution in [-0.2, 0) is 34.2 Å². The van der Waals surface area contributed by atoms with E-state index in [1.807, 2.05) is 53.4 Å². The topological polar surface area (TPSA) is 99.7 Å². The van der Waals surface area contributed by atoms with E-state index in [0.717, 1.165) is 49.6 Å². The highest BCUT2D eigenvalue weighted by atomic mass is 32.2. The van der Waals surface area contributed by atoms with Crippen LogP contribution in [0.3, 0.4) is 0 Å². The molecule has 2 aliphatic heterocycles. The smallest absolute Gasteiger partial charge is 0.264 e. The van der Waals surface area contributed by atoms with Gasteiger partial charge in [0.2, 0.25) is 5.91 Å². The van der Waals surface area contributed by atoms with Gasteiger partial charge >= 0.3 is 0 Å². The van der Waals surface area contributed by atoms with Crippen LogP contribution in [0.1, 0.15) is 39.7 Å². The number of anilines is 2. The predicted octanol–water partition coefficient (Wildman–Crippen LogP) is 6.32. The number of aromatic nitrogens is 1. The Morgan fingerprint density at radius 3 is 2.47 bits per heavy atom. The number of sulfonamides is 1. The minimum Gasteiger partial charge on any atom is -0.337 e. The number of hydrogen-bond donors (Lipinski definition) is 1. The summed E-state index contributed by atoms with van der Waals surface area (Å²) < 4.78 is 29.7. The van der Waals surface area contributed by atoms with Crippen LogP contribution in [-0.4, -0.2) is 43.2 Å². The molecule has 0 saturated carbocycles. The number of hydrogen-bond acceptors (Lipinski definition) is 7. The molecule has 0 bridgehead atoms. The van der Waals surface area contributed by atoms with E-state index < -0.39 is 10.0 Å². The molecule has 2 amide bonds. The minimum atomic E-state index is -3.78. The lowest BCUT2D eigenvalue weighted by atomic mass is 10.0. The van der Waals surface area contributed by atoms with Gasteiger partial charge in [-0.2, -0.15) is 0 Å². The van der Waals surface area contributed by atoms with Crippen LogP contribution < -0.4 is 9.62 Å². The van der Waals surface area contributed by atoms with Crippen LogP contribution in [0.15, 0.2) is 77.7 Å². The molecule has 218 valence electrons. The number of benzene rings is 3. The van der Waals surface area contributed by atoms with Gasteiger partial charge in [0.05, 0.1) is 27.3 Å². The van der Waals surface area contributed by atoms with E-state index >= 15 is 0 Å². The summed E-state index contributed by atoms with van der Waals surface area (Å²) in [6, 6.07) is 21.6. The van der Waals surface area contributed by atoms with Crippen LogP contribution in [0.5, 0.6) is 0 Å². The molecular formula is C32H28N4O4S3. The monoisotopic (exact) mass is 628 g/mol. The summed E-state index contributed by atoms with van der Waals surface area (Å²) in [6.07, 6.45) is 2.28. The Morgan fingerprint density at radius 1 is 0.907 bits per heavy atom. The van der Waals surface area contributed by atoms with Crippen molar-refractivity contribution in [3.8, 4) is 10.6 Å². The Hall–Kier alpha value is -4.06. The number of amides is 2. The number of nitrogens with zero attached hydrogens (tertiary/aromatic N) is 3. The third-order valence-electron chi connectivity index (χ3n) is 8.01. The number of para-hydroxylation sites is 2. The Morgan fingerprint density at radius 2 is 1.67 bits per heavy atom. The molecule has 1 N–H and O–H groups in total. The molecule has 0 saturated heterocycles.